The fraction of sp³-hybridized carbons (Fsp3) is 0.875. The summed E-state index contributed by atoms with van der Waals surface area (Å²) in [5.41, 5.74) is 5.30. The molecule has 1 amide bonds. The van der Waals surface area contributed by atoms with Gasteiger partial charge in [0.05, 0.1) is 6.04 Å². The molecule has 1 unspecified atom stereocenters. The summed E-state index contributed by atoms with van der Waals surface area (Å²) >= 11 is 0. The number of nitrogens with two attached hydrogens (primary N) is 1. The summed E-state index contributed by atoms with van der Waals surface area (Å²) < 4.78 is 0. The molecule has 0 aromatic heterocycles. The van der Waals surface area contributed by atoms with Gasteiger partial charge in [-0.15, -0.1) is 0 Å². The van der Waals surface area contributed by atoms with Gasteiger partial charge in [-0.3, -0.25) is 4.79 Å². The first-order chi connectivity index (χ1) is 5.74. The lowest BCUT2D eigenvalue weighted by molar-refractivity contribution is -0.122. The van der Waals surface area contributed by atoms with Crippen molar-refractivity contribution in [2.45, 2.75) is 31.8 Å². The third kappa shape index (κ3) is 3.19. The Balaban J connectivity index is 2.11. The molecule has 1 atom stereocenters. The maximum atomic E-state index is 11.3. The van der Waals surface area contributed by atoms with Crippen LogP contribution < -0.4 is 16.4 Å². The van der Waals surface area contributed by atoms with Crippen LogP contribution in [0.1, 0.15) is 19.8 Å². The first-order valence-corrected chi connectivity index (χ1v) is 4.48. The van der Waals surface area contributed by atoms with Gasteiger partial charge in [0.15, 0.2) is 0 Å². The summed E-state index contributed by atoms with van der Waals surface area (Å²) in [6, 6.07) is 0.328. The van der Waals surface area contributed by atoms with Crippen molar-refractivity contribution in [2.24, 2.45) is 5.73 Å². The van der Waals surface area contributed by atoms with Crippen LogP contribution >= 0.6 is 0 Å². The summed E-state index contributed by atoms with van der Waals surface area (Å²) in [4.78, 5) is 11.3. The van der Waals surface area contributed by atoms with Crippen LogP contribution in [0.25, 0.3) is 0 Å². The molecule has 0 radical (unpaired) electrons. The van der Waals surface area contributed by atoms with Crippen molar-refractivity contribution >= 4 is 5.91 Å². The molecule has 0 heterocycles. The fourth-order valence-electron chi connectivity index (χ4n) is 0.946. The van der Waals surface area contributed by atoms with Gasteiger partial charge in [0.2, 0.25) is 5.91 Å². The first kappa shape index (κ1) is 9.48. The highest BCUT2D eigenvalue weighted by molar-refractivity contribution is 5.81. The largest absolute Gasteiger partial charge is 0.352 e. The molecule has 4 heteroatoms. The number of hydrogen-bond donors (Lipinski definition) is 3. The molecule has 0 bridgehead atoms. The van der Waals surface area contributed by atoms with E-state index in [1.165, 1.54) is 0 Å². The molecule has 4 N–H and O–H groups in total. The van der Waals surface area contributed by atoms with E-state index in [-0.39, 0.29) is 11.9 Å². The molecule has 0 saturated heterocycles. The number of nitrogens with one attached hydrogen (secondary N) is 2. The van der Waals surface area contributed by atoms with Crippen molar-refractivity contribution in [3.63, 3.8) is 0 Å². The van der Waals surface area contributed by atoms with Gasteiger partial charge in [0, 0.05) is 19.1 Å². The number of rotatable bonds is 5. The van der Waals surface area contributed by atoms with Crippen LogP contribution in [-0.4, -0.2) is 31.1 Å². The molecular formula is C8H17N3O. The zero-order valence-corrected chi connectivity index (χ0v) is 7.47. The topological polar surface area (TPSA) is 67.1 Å². The quantitative estimate of drug-likeness (QED) is 0.507. The average molecular weight is 171 g/mol. The van der Waals surface area contributed by atoms with Crippen molar-refractivity contribution in [3.8, 4) is 0 Å². The second-order valence-corrected chi connectivity index (χ2v) is 3.25. The van der Waals surface area contributed by atoms with Crippen LogP contribution in [0.4, 0.5) is 0 Å². The molecule has 1 rings (SSSR count). The van der Waals surface area contributed by atoms with Gasteiger partial charge < -0.3 is 16.4 Å². The second kappa shape index (κ2) is 4.42. The predicted molar refractivity (Wildman–Crippen MR) is 47.7 cm³/mol. The predicted octanol–water partition coefficient (Wildman–Crippen LogP) is -0.798. The minimum Gasteiger partial charge on any atom is -0.352 e. The van der Waals surface area contributed by atoms with Crippen LogP contribution in [-0.2, 0) is 4.79 Å². The highest BCUT2D eigenvalue weighted by Crippen LogP contribution is 2.18. The smallest absolute Gasteiger partial charge is 0.237 e. The summed E-state index contributed by atoms with van der Waals surface area (Å²) in [6.07, 6.45) is 2.27. The molecule has 1 fully saturated rings. The van der Waals surface area contributed by atoms with Crippen LogP contribution in [0.5, 0.6) is 0 Å². The second-order valence-electron chi connectivity index (χ2n) is 3.25. The Labute approximate surface area is 72.9 Å². The maximum Gasteiger partial charge on any atom is 0.237 e. The van der Waals surface area contributed by atoms with E-state index < -0.39 is 0 Å². The summed E-state index contributed by atoms with van der Waals surface area (Å²) in [6.45, 7) is 3.12. The van der Waals surface area contributed by atoms with Gasteiger partial charge in [0.1, 0.15) is 0 Å². The monoisotopic (exact) mass is 171 g/mol. The lowest BCUT2D eigenvalue weighted by Crippen LogP contribution is -2.44. The minimum absolute atomic E-state index is 0.0888. The lowest BCUT2D eigenvalue weighted by Gasteiger charge is -2.12. The van der Waals surface area contributed by atoms with Crippen LogP contribution in [0, 0.1) is 0 Å². The summed E-state index contributed by atoms with van der Waals surface area (Å²) in [7, 11) is 0. The molecule has 4 nitrogen and oxygen atoms in total. The fourth-order valence-corrected chi connectivity index (χ4v) is 0.946. The van der Waals surface area contributed by atoms with Crippen molar-refractivity contribution < 1.29 is 4.79 Å². The van der Waals surface area contributed by atoms with Gasteiger partial charge in [-0.2, -0.15) is 0 Å². The van der Waals surface area contributed by atoms with Crippen molar-refractivity contribution in [2.75, 3.05) is 13.1 Å². The van der Waals surface area contributed by atoms with Gasteiger partial charge in [0.25, 0.3) is 0 Å². The maximum absolute atomic E-state index is 11.3. The molecule has 70 valence electrons. The van der Waals surface area contributed by atoms with E-state index in [9.17, 15) is 4.79 Å². The molecule has 0 aromatic carbocycles. The Morgan fingerprint density at radius 3 is 2.83 bits per heavy atom. The van der Waals surface area contributed by atoms with Gasteiger partial charge in [-0.05, 0) is 19.8 Å². The first-order valence-electron chi connectivity index (χ1n) is 4.48. The molecule has 0 spiro atoms. The zero-order valence-electron chi connectivity index (χ0n) is 7.47. The van der Waals surface area contributed by atoms with E-state index in [4.69, 9.17) is 5.73 Å². The Bertz CT molecular complexity index is 156. The minimum atomic E-state index is -0.117. The Hall–Kier alpha value is -0.610. The number of amides is 1. The number of hydrogen-bond acceptors (Lipinski definition) is 3. The van der Waals surface area contributed by atoms with Crippen LogP contribution in [0.15, 0.2) is 0 Å². The SMILES string of the molecule is CC(NCCN)C(=O)NC1CC1. The third-order valence-corrected chi connectivity index (χ3v) is 1.91. The van der Waals surface area contributed by atoms with Crippen molar-refractivity contribution in [1.29, 1.82) is 0 Å². The van der Waals surface area contributed by atoms with Gasteiger partial charge >= 0.3 is 0 Å². The standard InChI is InChI=1S/C8H17N3O/c1-6(10-5-4-9)8(12)11-7-2-3-7/h6-7,10H,2-5,9H2,1H3,(H,11,12). The Morgan fingerprint density at radius 1 is 1.67 bits per heavy atom. The average Bonchev–Trinajstić information content (AvgIpc) is 2.83. The highest BCUT2D eigenvalue weighted by Gasteiger charge is 2.25. The van der Waals surface area contributed by atoms with Gasteiger partial charge in [-0.25, -0.2) is 0 Å². The van der Waals surface area contributed by atoms with E-state index >= 15 is 0 Å². The summed E-state index contributed by atoms with van der Waals surface area (Å²) in [5.74, 6) is 0.0888. The Kier molecular flexibility index (Phi) is 3.49. The van der Waals surface area contributed by atoms with E-state index in [1.807, 2.05) is 6.92 Å². The highest BCUT2D eigenvalue weighted by atomic mass is 16.2. The number of carbonyl (C=O) groups is 1. The van der Waals surface area contributed by atoms with Crippen molar-refractivity contribution in [3.05, 3.63) is 0 Å². The molecule has 1 saturated carbocycles. The van der Waals surface area contributed by atoms with Crippen LogP contribution in [0.3, 0.4) is 0 Å². The lowest BCUT2D eigenvalue weighted by atomic mass is 10.3. The molecule has 1 aliphatic carbocycles. The van der Waals surface area contributed by atoms with Crippen molar-refractivity contribution in [1.82, 2.24) is 10.6 Å². The normalized spacial score (nSPS) is 18.8. The van der Waals surface area contributed by atoms with E-state index in [0.29, 0.717) is 19.1 Å². The molecule has 0 aromatic rings. The van der Waals surface area contributed by atoms with Crippen LogP contribution in [0.2, 0.25) is 0 Å². The molecular weight excluding hydrogens is 154 g/mol. The molecule has 1 aliphatic rings. The van der Waals surface area contributed by atoms with E-state index in [0.717, 1.165) is 12.8 Å². The Morgan fingerprint density at radius 2 is 2.33 bits per heavy atom. The van der Waals surface area contributed by atoms with Gasteiger partial charge in [-0.1, -0.05) is 0 Å². The zero-order chi connectivity index (χ0) is 8.97. The van der Waals surface area contributed by atoms with E-state index in [2.05, 4.69) is 10.6 Å². The molecule has 12 heavy (non-hydrogen) atoms. The third-order valence-electron chi connectivity index (χ3n) is 1.91. The molecule has 0 aliphatic heterocycles. The number of carbonyl (C=O) groups excluding carboxylic acids is 1. The van der Waals surface area contributed by atoms with E-state index in [1.54, 1.807) is 0 Å². The summed E-state index contributed by atoms with van der Waals surface area (Å²) in [5, 5.41) is 5.95.